The van der Waals surface area contributed by atoms with E-state index in [1.54, 1.807) is 0 Å². The van der Waals surface area contributed by atoms with Gasteiger partial charge >= 0.3 is 6.18 Å². The van der Waals surface area contributed by atoms with Gasteiger partial charge in [-0.2, -0.15) is 13.2 Å². The molecule has 0 aliphatic heterocycles. The fourth-order valence-electron chi connectivity index (χ4n) is 3.43. The van der Waals surface area contributed by atoms with Gasteiger partial charge in [0.2, 0.25) is 5.60 Å². The van der Waals surface area contributed by atoms with Crippen LogP contribution in [0.1, 0.15) is 42.4 Å². The van der Waals surface area contributed by atoms with E-state index >= 15 is 0 Å². The lowest BCUT2D eigenvalue weighted by atomic mass is 9.95. The van der Waals surface area contributed by atoms with Crippen molar-refractivity contribution < 1.29 is 42.0 Å². The van der Waals surface area contributed by atoms with Crippen LogP contribution in [0.2, 0.25) is 0 Å². The number of benzene rings is 2. The first-order chi connectivity index (χ1) is 18.3. The monoisotopic (exact) mass is 552 g/mol. The zero-order valence-electron chi connectivity index (χ0n) is 22.3. The summed E-state index contributed by atoms with van der Waals surface area (Å²) in [5, 5.41) is 22.3. The number of aromatic nitrogens is 1. The maximum absolute atomic E-state index is 14.1. The second-order valence-electron chi connectivity index (χ2n) is 8.49. The third-order valence-corrected chi connectivity index (χ3v) is 5.41. The zero-order valence-corrected chi connectivity index (χ0v) is 22.3. The number of aliphatic hydroxyl groups excluding tert-OH is 1. The third-order valence-electron chi connectivity index (χ3n) is 5.41. The van der Waals surface area contributed by atoms with Crippen molar-refractivity contribution in [3.63, 3.8) is 0 Å². The van der Waals surface area contributed by atoms with E-state index in [0.717, 1.165) is 18.2 Å². The number of hydrogen-bond acceptors (Lipinski definition) is 6. The number of pyridine rings is 1. The van der Waals surface area contributed by atoms with Crippen LogP contribution in [-0.2, 0) is 5.60 Å². The molecular weight excluding hydrogens is 520 g/mol. The van der Waals surface area contributed by atoms with E-state index in [-0.39, 0.29) is 29.4 Å². The van der Waals surface area contributed by atoms with Crippen LogP contribution in [0.4, 0.5) is 17.6 Å². The maximum Gasteiger partial charge on any atom is 0.424 e. The molecule has 3 aromatic rings. The number of aliphatic hydroxyl groups is 2. The van der Waals surface area contributed by atoms with Crippen LogP contribution in [-0.4, -0.2) is 53.6 Å². The first kappa shape index (κ1) is 31.5. The molecule has 0 aliphatic rings. The molecule has 1 heterocycles. The molecule has 3 N–H and O–H groups in total. The highest BCUT2D eigenvalue weighted by atomic mass is 19.4. The summed E-state index contributed by atoms with van der Waals surface area (Å²) in [6, 6.07) is 11.5. The number of carbonyl (C=O) groups is 1. The second kappa shape index (κ2) is 13.4. The van der Waals surface area contributed by atoms with Gasteiger partial charge in [-0.25, -0.2) is 9.37 Å². The summed E-state index contributed by atoms with van der Waals surface area (Å²) in [7, 11) is 1.32. The number of rotatable bonds is 9. The van der Waals surface area contributed by atoms with Gasteiger partial charge in [-0.05, 0) is 74.0 Å². The van der Waals surface area contributed by atoms with Gasteiger partial charge in [-0.15, -0.1) is 0 Å². The molecule has 0 spiro atoms. The molecule has 2 aromatic carbocycles. The Balaban J connectivity index is 0.00000260. The average molecular weight is 553 g/mol. The normalized spacial score (nSPS) is 13.4. The summed E-state index contributed by atoms with van der Waals surface area (Å²) < 4.78 is 66.2. The zero-order chi connectivity index (χ0) is 29.4. The van der Waals surface area contributed by atoms with Crippen LogP contribution in [0.3, 0.4) is 0 Å². The predicted molar refractivity (Wildman–Crippen MR) is 138 cm³/mol. The van der Waals surface area contributed by atoms with E-state index in [0.29, 0.717) is 11.1 Å². The average Bonchev–Trinajstić information content (AvgIpc) is 2.90. The molecule has 2 atom stereocenters. The van der Waals surface area contributed by atoms with Crippen molar-refractivity contribution in [1.82, 2.24) is 10.3 Å². The van der Waals surface area contributed by atoms with Crippen LogP contribution in [0.5, 0.6) is 11.5 Å². The Morgan fingerprint density at radius 2 is 1.69 bits per heavy atom. The van der Waals surface area contributed by atoms with E-state index in [1.165, 1.54) is 57.4 Å². The van der Waals surface area contributed by atoms with Crippen molar-refractivity contribution in [1.29, 1.82) is 0 Å². The summed E-state index contributed by atoms with van der Waals surface area (Å²) in [5.74, 6) is -1.08. The van der Waals surface area contributed by atoms with Crippen molar-refractivity contribution in [3.8, 4) is 22.8 Å². The fourth-order valence-corrected chi connectivity index (χ4v) is 3.43. The van der Waals surface area contributed by atoms with Gasteiger partial charge in [0, 0.05) is 11.1 Å². The Kier molecular flexibility index (Phi) is 10.8. The number of carbonyl (C=O) groups excluding carboxylic acids is 1. The molecule has 0 saturated heterocycles. The molecule has 3 rings (SSSR count). The number of hydrogen-bond donors (Lipinski definition) is 3. The highest BCUT2D eigenvalue weighted by Crippen LogP contribution is 2.39. The minimum absolute atomic E-state index is 0.0378. The highest BCUT2D eigenvalue weighted by molar-refractivity contribution is 5.95. The van der Waals surface area contributed by atoms with Crippen molar-refractivity contribution in [2.75, 3.05) is 20.3 Å². The minimum atomic E-state index is -5.20. The van der Waals surface area contributed by atoms with Gasteiger partial charge < -0.3 is 25.0 Å². The molecule has 0 saturated carbocycles. The molecule has 1 aromatic heterocycles. The number of halogens is 4. The van der Waals surface area contributed by atoms with Crippen molar-refractivity contribution in [3.05, 3.63) is 77.2 Å². The van der Waals surface area contributed by atoms with E-state index in [4.69, 9.17) is 9.47 Å². The van der Waals surface area contributed by atoms with Crippen LogP contribution in [0.25, 0.3) is 11.3 Å². The fraction of sp³-hybridized carbons (Fsp3) is 0.357. The summed E-state index contributed by atoms with van der Waals surface area (Å²) in [5.41, 5.74) is -3.47. The Hall–Kier alpha value is -3.70. The standard InChI is InChI=1S/C26H26F4N2O5.C2H6/c1-15-10-20(17-4-7-19(27)8-5-17)32-23(11-15)25(35,26(28,29)30)14-31-24(34)18-6-9-21(22(12-18)36-3)37-13-16(2)33;1-2/h4-12,16,33,35H,13-14H2,1-3H3,(H,31,34);1-2H3/t16-,25?;/m1./s1. The topological polar surface area (TPSA) is 101 Å². The van der Waals surface area contributed by atoms with Crippen molar-refractivity contribution in [2.24, 2.45) is 0 Å². The minimum Gasteiger partial charge on any atom is -0.493 e. The number of amides is 1. The number of alkyl halides is 3. The van der Waals surface area contributed by atoms with Crippen molar-refractivity contribution >= 4 is 5.91 Å². The Morgan fingerprint density at radius 3 is 2.26 bits per heavy atom. The first-order valence-corrected chi connectivity index (χ1v) is 12.2. The molecule has 1 unspecified atom stereocenters. The third kappa shape index (κ3) is 7.90. The highest BCUT2D eigenvalue weighted by Gasteiger charge is 2.56. The van der Waals surface area contributed by atoms with E-state index in [2.05, 4.69) is 10.3 Å². The number of ether oxygens (including phenoxy) is 2. The van der Waals surface area contributed by atoms with E-state index < -0.39 is 41.8 Å². The number of nitrogens with one attached hydrogen (secondary N) is 1. The smallest absolute Gasteiger partial charge is 0.424 e. The molecule has 39 heavy (non-hydrogen) atoms. The lowest BCUT2D eigenvalue weighted by Gasteiger charge is -2.30. The van der Waals surface area contributed by atoms with E-state index in [9.17, 15) is 32.6 Å². The summed E-state index contributed by atoms with van der Waals surface area (Å²) >= 11 is 0. The molecule has 7 nitrogen and oxygen atoms in total. The number of methoxy groups -OCH3 is 1. The maximum atomic E-state index is 14.1. The number of aryl methyl sites for hydroxylation is 1. The lowest BCUT2D eigenvalue weighted by molar-refractivity contribution is -0.265. The number of nitrogens with zero attached hydrogens (tertiary/aromatic N) is 1. The molecule has 0 bridgehead atoms. The van der Waals surface area contributed by atoms with Gasteiger partial charge in [0.25, 0.3) is 5.91 Å². The first-order valence-electron chi connectivity index (χ1n) is 12.2. The quantitative estimate of drug-likeness (QED) is 0.317. The Morgan fingerprint density at radius 1 is 1.05 bits per heavy atom. The van der Waals surface area contributed by atoms with Gasteiger partial charge in [0.15, 0.2) is 11.5 Å². The Labute approximate surface area is 224 Å². The molecule has 212 valence electrons. The molecular formula is C28H32F4N2O5. The second-order valence-corrected chi connectivity index (χ2v) is 8.49. The molecule has 0 radical (unpaired) electrons. The van der Waals surface area contributed by atoms with Crippen LogP contribution in [0, 0.1) is 12.7 Å². The van der Waals surface area contributed by atoms with Crippen LogP contribution >= 0.6 is 0 Å². The van der Waals surface area contributed by atoms with Gasteiger partial charge in [0.05, 0.1) is 31.1 Å². The predicted octanol–water partition coefficient (Wildman–Crippen LogP) is 5.17. The Bertz CT molecular complexity index is 1250. The summed E-state index contributed by atoms with van der Waals surface area (Å²) in [6.45, 7) is 5.78. The molecule has 0 fully saturated rings. The van der Waals surface area contributed by atoms with Gasteiger partial charge in [-0.3, -0.25) is 4.79 Å². The van der Waals surface area contributed by atoms with E-state index in [1.807, 2.05) is 13.8 Å². The largest absolute Gasteiger partial charge is 0.493 e. The summed E-state index contributed by atoms with van der Waals surface area (Å²) in [4.78, 5) is 16.7. The van der Waals surface area contributed by atoms with Crippen LogP contribution < -0.4 is 14.8 Å². The SMILES string of the molecule is CC.COc1cc(C(=O)NCC(O)(c2cc(C)cc(-c3ccc(F)cc3)n2)C(F)(F)F)ccc1OC[C@@H](C)O. The molecule has 0 aliphatic carbocycles. The van der Waals surface area contributed by atoms with Crippen LogP contribution in [0.15, 0.2) is 54.6 Å². The van der Waals surface area contributed by atoms with Gasteiger partial charge in [-0.1, -0.05) is 13.8 Å². The van der Waals surface area contributed by atoms with Gasteiger partial charge in [0.1, 0.15) is 12.4 Å². The van der Waals surface area contributed by atoms with Crippen molar-refractivity contribution in [2.45, 2.75) is 45.6 Å². The molecule has 1 amide bonds. The molecule has 11 heteroatoms. The lowest BCUT2D eigenvalue weighted by Crippen LogP contribution is -2.51. The summed E-state index contributed by atoms with van der Waals surface area (Å²) in [6.07, 6.45) is -5.95.